The molecule has 1 heterocycles. The number of piperidine rings is 1. The quantitative estimate of drug-likeness (QED) is 0.679. The number of carbonyl (C=O) groups is 1. The van der Waals surface area contributed by atoms with Crippen LogP contribution in [0.3, 0.4) is 0 Å². The van der Waals surface area contributed by atoms with Gasteiger partial charge in [-0.05, 0) is 31.4 Å². The van der Waals surface area contributed by atoms with E-state index in [1.54, 1.807) is 12.1 Å². The summed E-state index contributed by atoms with van der Waals surface area (Å²) < 4.78 is 0. The number of fused-ring (bicyclic) bond motifs is 1. The van der Waals surface area contributed by atoms with Crippen LogP contribution in [0.25, 0.3) is 0 Å². The van der Waals surface area contributed by atoms with Gasteiger partial charge >= 0.3 is 0 Å². The Kier molecular flexibility index (Phi) is 4.34. The molecule has 4 rings (SSSR count). The van der Waals surface area contributed by atoms with Crippen LogP contribution in [0, 0.1) is 10.1 Å². The number of nitro benzene ring substituents is 1. The summed E-state index contributed by atoms with van der Waals surface area (Å²) in [5.41, 5.74) is 3.06. The number of carbonyl (C=O) groups excluding carboxylic acids is 1. The van der Waals surface area contributed by atoms with E-state index in [0.717, 1.165) is 42.6 Å². The number of benzene rings is 2. The predicted molar refractivity (Wildman–Crippen MR) is 98.8 cm³/mol. The second kappa shape index (κ2) is 6.80. The fraction of sp³-hybridized carbons (Fsp3) is 0.300. The van der Waals surface area contributed by atoms with Crippen molar-refractivity contribution in [3.63, 3.8) is 0 Å². The molecule has 6 nitrogen and oxygen atoms in total. The summed E-state index contributed by atoms with van der Waals surface area (Å²) in [5.74, 6) is -0.499. The number of hydrogen-bond acceptors (Lipinski definition) is 5. The molecule has 0 aromatic heterocycles. The molecule has 6 heteroatoms. The number of rotatable bonds is 3. The van der Waals surface area contributed by atoms with Crippen molar-refractivity contribution < 1.29 is 9.72 Å². The fourth-order valence-electron chi connectivity index (χ4n) is 3.71. The van der Waals surface area contributed by atoms with Crippen LogP contribution in [0.15, 0.2) is 53.5 Å². The van der Waals surface area contributed by atoms with Crippen molar-refractivity contribution in [2.45, 2.75) is 31.3 Å². The van der Waals surface area contributed by atoms with Gasteiger partial charge < -0.3 is 0 Å². The molecule has 1 N–H and O–H groups in total. The van der Waals surface area contributed by atoms with Crippen LogP contribution in [-0.4, -0.2) is 29.1 Å². The SMILES string of the molecule is O=C1c2ccccc2C(=N[C@@H]2CCCCN2)[C@H]1c1ccc([N+](=O)[O-])cc1. The highest BCUT2D eigenvalue weighted by Gasteiger charge is 2.38. The molecule has 0 bridgehead atoms. The lowest BCUT2D eigenvalue weighted by Gasteiger charge is -2.22. The maximum absolute atomic E-state index is 13.0. The first-order valence-corrected chi connectivity index (χ1v) is 8.84. The van der Waals surface area contributed by atoms with Gasteiger partial charge in [0.05, 0.1) is 22.7 Å². The lowest BCUT2D eigenvalue weighted by atomic mass is 9.93. The van der Waals surface area contributed by atoms with Crippen molar-refractivity contribution in [2.24, 2.45) is 4.99 Å². The molecular weight excluding hydrogens is 330 g/mol. The molecule has 26 heavy (non-hydrogen) atoms. The molecule has 1 saturated heterocycles. The Labute approximate surface area is 151 Å². The Morgan fingerprint density at radius 2 is 1.77 bits per heavy atom. The number of Topliss-reactive ketones (excluding diaryl/α,β-unsaturated/α-hetero) is 1. The number of nitro groups is 1. The summed E-state index contributed by atoms with van der Waals surface area (Å²) in [5, 5.41) is 14.3. The number of ketones is 1. The van der Waals surface area contributed by atoms with E-state index >= 15 is 0 Å². The molecule has 0 radical (unpaired) electrons. The van der Waals surface area contributed by atoms with Crippen LogP contribution in [0.5, 0.6) is 0 Å². The van der Waals surface area contributed by atoms with Crippen molar-refractivity contribution in [3.05, 3.63) is 75.3 Å². The topological polar surface area (TPSA) is 84.6 Å². The van der Waals surface area contributed by atoms with Crippen LogP contribution < -0.4 is 5.32 Å². The molecule has 0 spiro atoms. The summed E-state index contributed by atoms with van der Waals surface area (Å²) in [7, 11) is 0. The van der Waals surface area contributed by atoms with Gasteiger partial charge in [-0.25, -0.2) is 0 Å². The average molecular weight is 349 g/mol. The first-order chi connectivity index (χ1) is 12.6. The Balaban J connectivity index is 1.77. The zero-order valence-electron chi connectivity index (χ0n) is 14.2. The van der Waals surface area contributed by atoms with E-state index in [9.17, 15) is 14.9 Å². The van der Waals surface area contributed by atoms with Crippen LogP contribution in [0.2, 0.25) is 0 Å². The van der Waals surface area contributed by atoms with Gasteiger partial charge in [-0.3, -0.25) is 25.2 Å². The third-order valence-corrected chi connectivity index (χ3v) is 5.02. The lowest BCUT2D eigenvalue weighted by Crippen LogP contribution is -2.33. The highest BCUT2D eigenvalue weighted by Crippen LogP contribution is 2.35. The van der Waals surface area contributed by atoms with Crippen molar-refractivity contribution in [3.8, 4) is 0 Å². The maximum Gasteiger partial charge on any atom is 0.269 e. The minimum Gasteiger partial charge on any atom is -0.296 e. The monoisotopic (exact) mass is 349 g/mol. The van der Waals surface area contributed by atoms with E-state index in [1.807, 2.05) is 24.3 Å². The first kappa shape index (κ1) is 16.6. The van der Waals surface area contributed by atoms with Crippen molar-refractivity contribution in [1.29, 1.82) is 0 Å². The number of nitrogens with one attached hydrogen (secondary N) is 1. The van der Waals surface area contributed by atoms with Gasteiger partial charge in [0.25, 0.3) is 5.69 Å². The van der Waals surface area contributed by atoms with Crippen LogP contribution in [0.1, 0.15) is 46.7 Å². The molecule has 2 aromatic rings. The van der Waals surface area contributed by atoms with Gasteiger partial charge in [0, 0.05) is 23.3 Å². The van der Waals surface area contributed by atoms with E-state index in [1.165, 1.54) is 12.1 Å². The molecule has 1 aliphatic heterocycles. The van der Waals surface area contributed by atoms with Gasteiger partial charge in [0.1, 0.15) is 0 Å². The molecule has 2 aromatic carbocycles. The van der Waals surface area contributed by atoms with E-state index in [2.05, 4.69) is 5.32 Å². The first-order valence-electron chi connectivity index (χ1n) is 8.84. The summed E-state index contributed by atoms with van der Waals surface area (Å²) in [6, 6.07) is 13.7. The van der Waals surface area contributed by atoms with Crippen LogP contribution in [0.4, 0.5) is 5.69 Å². The standard InChI is InChI=1S/C20H19N3O3/c24-20-16-6-2-1-5-15(16)19(22-17-7-3-4-12-21-17)18(20)13-8-10-14(11-9-13)23(25)26/h1-2,5-6,8-11,17-18,21H,3-4,7,12H2/t17-,18-/m1/s1. The summed E-state index contributed by atoms with van der Waals surface area (Å²) in [6.45, 7) is 0.930. The molecular formula is C20H19N3O3. The largest absolute Gasteiger partial charge is 0.296 e. The van der Waals surface area contributed by atoms with Gasteiger partial charge in [-0.15, -0.1) is 0 Å². The molecule has 2 atom stereocenters. The Morgan fingerprint density at radius 3 is 2.42 bits per heavy atom. The number of nitrogens with zero attached hydrogens (tertiary/aromatic N) is 2. The lowest BCUT2D eigenvalue weighted by molar-refractivity contribution is -0.384. The summed E-state index contributed by atoms with van der Waals surface area (Å²) >= 11 is 0. The smallest absolute Gasteiger partial charge is 0.269 e. The predicted octanol–water partition coefficient (Wildman–Crippen LogP) is 3.46. The second-order valence-corrected chi connectivity index (χ2v) is 6.67. The summed E-state index contributed by atoms with van der Waals surface area (Å²) in [4.78, 5) is 28.4. The van der Waals surface area contributed by atoms with Gasteiger partial charge in [-0.1, -0.05) is 36.4 Å². The van der Waals surface area contributed by atoms with Crippen molar-refractivity contribution in [1.82, 2.24) is 5.32 Å². The normalized spacial score (nSPS) is 23.8. The highest BCUT2D eigenvalue weighted by atomic mass is 16.6. The van der Waals surface area contributed by atoms with Crippen LogP contribution >= 0.6 is 0 Å². The van der Waals surface area contributed by atoms with Crippen molar-refractivity contribution in [2.75, 3.05) is 6.54 Å². The molecule has 0 saturated carbocycles. The van der Waals surface area contributed by atoms with Gasteiger partial charge in [0.15, 0.2) is 5.78 Å². The minimum absolute atomic E-state index is 0.00372. The molecule has 1 aliphatic carbocycles. The van der Waals surface area contributed by atoms with Crippen molar-refractivity contribution >= 4 is 17.2 Å². The molecule has 0 unspecified atom stereocenters. The Hall–Kier alpha value is -2.86. The third-order valence-electron chi connectivity index (χ3n) is 5.02. The zero-order chi connectivity index (χ0) is 18.1. The van der Waals surface area contributed by atoms with E-state index < -0.39 is 10.8 Å². The number of aliphatic imine (C=N–C) groups is 1. The van der Waals surface area contributed by atoms with E-state index in [0.29, 0.717) is 5.56 Å². The fourth-order valence-corrected chi connectivity index (χ4v) is 3.71. The zero-order valence-corrected chi connectivity index (χ0v) is 14.2. The highest BCUT2D eigenvalue weighted by molar-refractivity contribution is 6.31. The molecule has 1 fully saturated rings. The average Bonchev–Trinajstić information content (AvgIpc) is 2.95. The van der Waals surface area contributed by atoms with E-state index in [4.69, 9.17) is 4.99 Å². The summed E-state index contributed by atoms with van der Waals surface area (Å²) in [6.07, 6.45) is 3.22. The Morgan fingerprint density at radius 1 is 1.04 bits per heavy atom. The van der Waals surface area contributed by atoms with E-state index in [-0.39, 0.29) is 17.6 Å². The third kappa shape index (κ3) is 2.93. The molecule has 2 aliphatic rings. The second-order valence-electron chi connectivity index (χ2n) is 6.67. The van der Waals surface area contributed by atoms with Gasteiger partial charge in [0.2, 0.25) is 0 Å². The van der Waals surface area contributed by atoms with Crippen LogP contribution in [-0.2, 0) is 0 Å². The van der Waals surface area contributed by atoms with Gasteiger partial charge in [-0.2, -0.15) is 0 Å². The Bertz CT molecular complexity index is 883. The molecule has 132 valence electrons. The maximum atomic E-state index is 13.0. The number of hydrogen-bond donors (Lipinski definition) is 1. The minimum atomic E-state index is -0.503. The number of non-ortho nitro benzene ring substituents is 1. The molecule has 0 amide bonds.